The van der Waals surface area contributed by atoms with Crippen molar-refractivity contribution in [3.63, 3.8) is 0 Å². The number of imidazole rings is 1. The third-order valence-corrected chi connectivity index (χ3v) is 4.75. The van der Waals surface area contributed by atoms with Gasteiger partial charge in [0.15, 0.2) is 11.5 Å². The average Bonchev–Trinajstić information content (AvgIpc) is 2.89. The molecular weight excluding hydrogens is 320 g/mol. The first kappa shape index (κ1) is 15.6. The van der Waals surface area contributed by atoms with Gasteiger partial charge >= 0.3 is 5.69 Å². The fourth-order valence-corrected chi connectivity index (χ4v) is 3.59. The zero-order valence-electron chi connectivity index (χ0n) is 14.0. The maximum Gasteiger partial charge on any atom is 0.335 e. The van der Waals surface area contributed by atoms with Crippen molar-refractivity contribution in [1.82, 2.24) is 24.0 Å². The minimum absolute atomic E-state index is 0.0430. The van der Waals surface area contributed by atoms with Gasteiger partial charge in [0.25, 0.3) is 0 Å². The van der Waals surface area contributed by atoms with Crippen LogP contribution in [0.15, 0.2) is 35.4 Å². The molecule has 1 aromatic carbocycles. The SMILES string of the molecule is CN1CCCC(n2c(=O)n(-c3ccc(O)cc3)c3c(N)ncnc32)C1. The van der Waals surface area contributed by atoms with Gasteiger partial charge in [0.1, 0.15) is 17.6 Å². The molecule has 1 unspecified atom stereocenters. The summed E-state index contributed by atoms with van der Waals surface area (Å²) in [5.74, 6) is 0.400. The summed E-state index contributed by atoms with van der Waals surface area (Å²) in [5.41, 5.74) is 7.57. The first-order valence-electron chi connectivity index (χ1n) is 8.27. The highest BCUT2D eigenvalue weighted by atomic mass is 16.3. The van der Waals surface area contributed by atoms with Crippen molar-refractivity contribution >= 4 is 17.0 Å². The summed E-state index contributed by atoms with van der Waals surface area (Å²) in [5, 5.41) is 9.53. The lowest BCUT2D eigenvalue weighted by molar-refractivity contribution is 0.211. The molecule has 3 N–H and O–H groups in total. The van der Waals surface area contributed by atoms with E-state index in [9.17, 15) is 9.90 Å². The molecule has 8 nitrogen and oxygen atoms in total. The Morgan fingerprint density at radius 1 is 1.24 bits per heavy atom. The van der Waals surface area contributed by atoms with E-state index in [1.807, 2.05) is 0 Å². The standard InChI is InChI=1S/C17H20N6O2/c1-21-8-2-3-12(9-21)23-16-14(15(18)19-10-20-16)22(17(23)25)11-4-6-13(24)7-5-11/h4-7,10,12,24H,2-3,8-9H2,1H3,(H2,18,19,20). The van der Waals surface area contributed by atoms with E-state index < -0.39 is 0 Å². The predicted molar refractivity (Wildman–Crippen MR) is 95.0 cm³/mol. The summed E-state index contributed by atoms with van der Waals surface area (Å²) in [7, 11) is 2.06. The van der Waals surface area contributed by atoms with Crippen LogP contribution in [0, 0.1) is 0 Å². The number of nitrogen functional groups attached to an aromatic ring is 1. The van der Waals surface area contributed by atoms with Crippen LogP contribution in [0.2, 0.25) is 0 Å². The molecule has 0 amide bonds. The number of aromatic hydroxyl groups is 1. The van der Waals surface area contributed by atoms with E-state index in [0.717, 1.165) is 25.9 Å². The third-order valence-electron chi connectivity index (χ3n) is 4.75. The molecular formula is C17H20N6O2. The van der Waals surface area contributed by atoms with Gasteiger partial charge in [-0.1, -0.05) is 0 Å². The van der Waals surface area contributed by atoms with E-state index in [1.54, 1.807) is 28.8 Å². The second-order valence-electron chi connectivity index (χ2n) is 6.49. The molecule has 0 saturated carbocycles. The fourth-order valence-electron chi connectivity index (χ4n) is 3.59. The highest BCUT2D eigenvalue weighted by Crippen LogP contribution is 2.27. The molecule has 2 aromatic heterocycles. The van der Waals surface area contributed by atoms with E-state index in [1.165, 1.54) is 10.9 Å². The maximum atomic E-state index is 13.3. The largest absolute Gasteiger partial charge is 0.508 e. The molecule has 3 aromatic rings. The number of hydrogen-bond acceptors (Lipinski definition) is 6. The Labute approximate surface area is 144 Å². The summed E-state index contributed by atoms with van der Waals surface area (Å²) < 4.78 is 3.26. The van der Waals surface area contributed by atoms with Gasteiger partial charge in [-0.3, -0.25) is 9.13 Å². The predicted octanol–water partition coefficient (Wildman–Crippen LogP) is 1.14. The molecule has 0 radical (unpaired) electrons. The van der Waals surface area contributed by atoms with Gasteiger partial charge in [-0.2, -0.15) is 0 Å². The molecule has 1 fully saturated rings. The Kier molecular flexibility index (Phi) is 3.69. The molecule has 0 aliphatic carbocycles. The Bertz CT molecular complexity index is 975. The average molecular weight is 340 g/mol. The lowest BCUT2D eigenvalue weighted by atomic mass is 10.1. The van der Waals surface area contributed by atoms with Crippen LogP contribution >= 0.6 is 0 Å². The molecule has 1 atom stereocenters. The number of aromatic nitrogens is 4. The van der Waals surface area contributed by atoms with Crippen LogP contribution in [0.4, 0.5) is 5.82 Å². The maximum absolute atomic E-state index is 13.3. The number of rotatable bonds is 2. The molecule has 1 saturated heterocycles. The first-order chi connectivity index (χ1) is 12.1. The van der Waals surface area contributed by atoms with Crippen LogP contribution in [-0.2, 0) is 0 Å². The quantitative estimate of drug-likeness (QED) is 0.725. The number of piperidine rings is 1. The smallest absolute Gasteiger partial charge is 0.335 e. The monoisotopic (exact) mass is 340 g/mol. The molecule has 130 valence electrons. The van der Waals surface area contributed by atoms with Gasteiger partial charge in [0, 0.05) is 6.54 Å². The van der Waals surface area contributed by atoms with E-state index in [0.29, 0.717) is 16.9 Å². The molecule has 4 rings (SSSR count). The lowest BCUT2D eigenvalue weighted by Crippen LogP contribution is -2.38. The first-order valence-corrected chi connectivity index (χ1v) is 8.27. The van der Waals surface area contributed by atoms with Crippen molar-refractivity contribution in [3.8, 4) is 11.4 Å². The van der Waals surface area contributed by atoms with Gasteiger partial charge in [-0.05, 0) is 50.7 Å². The highest BCUT2D eigenvalue weighted by molar-refractivity contribution is 5.84. The number of nitrogens with zero attached hydrogens (tertiary/aromatic N) is 5. The number of likely N-dealkylation sites (N-methyl/N-ethyl adjacent to an activating group) is 1. The van der Waals surface area contributed by atoms with Crippen LogP contribution in [0.25, 0.3) is 16.9 Å². The summed E-state index contributed by atoms with van der Waals surface area (Å²) in [4.78, 5) is 23.9. The second kappa shape index (κ2) is 5.89. The van der Waals surface area contributed by atoms with Crippen LogP contribution in [-0.4, -0.2) is 49.2 Å². The molecule has 0 spiro atoms. The molecule has 0 bridgehead atoms. The van der Waals surface area contributed by atoms with Gasteiger partial charge in [-0.15, -0.1) is 0 Å². The van der Waals surface area contributed by atoms with Crippen molar-refractivity contribution in [1.29, 1.82) is 0 Å². The highest BCUT2D eigenvalue weighted by Gasteiger charge is 2.26. The van der Waals surface area contributed by atoms with Gasteiger partial charge in [-0.25, -0.2) is 14.8 Å². The van der Waals surface area contributed by atoms with E-state index >= 15 is 0 Å². The number of phenolic OH excluding ortho intramolecular Hbond substituents is 1. The van der Waals surface area contributed by atoms with Crippen LogP contribution in [0.3, 0.4) is 0 Å². The van der Waals surface area contributed by atoms with Gasteiger partial charge in [0.05, 0.1) is 11.7 Å². The van der Waals surface area contributed by atoms with Gasteiger partial charge < -0.3 is 15.7 Å². The topological polar surface area (TPSA) is 102 Å². The van der Waals surface area contributed by atoms with Gasteiger partial charge in [0.2, 0.25) is 0 Å². The van der Waals surface area contributed by atoms with Crippen LogP contribution in [0.1, 0.15) is 18.9 Å². The summed E-state index contributed by atoms with van der Waals surface area (Å²) in [6, 6.07) is 6.49. The number of fused-ring (bicyclic) bond motifs is 1. The fraction of sp³-hybridized carbons (Fsp3) is 0.353. The Hall–Kier alpha value is -2.87. The molecule has 25 heavy (non-hydrogen) atoms. The Morgan fingerprint density at radius 3 is 2.72 bits per heavy atom. The van der Waals surface area contributed by atoms with Crippen molar-refractivity contribution in [2.45, 2.75) is 18.9 Å². The number of benzene rings is 1. The lowest BCUT2D eigenvalue weighted by Gasteiger charge is -2.30. The Morgan fingerprint density at radius 2 is 2.00 bits per heavy atom. The van der Waals surface area contributed by atoms with Crippen molar-refractivity contribution in [3.05, 3.63) is 41.1 Å². The number of nitrogens with two attached hydrogens (primary N) is 1. The van der Waals surface area contributed by atoms with Crippen LogP contribution < -0.4 is 11.4 Å². The second-order valence-corrected chi connectivity index (χ2v) is 6.49. The third kappa shape index (κ3) is 2.54. The van der Waals surface area contributed by atoms with Crippen molar-refractivity contribution in [2.24, 2.45) is 0 Å². The number of anilines is 1. The summed E-state index contributed by atoms with van der Waals surface area (Å²) in [6.07, 6.45) is 3.34. The van der Waals surface area contributed by atoms with Crippen molar-refractivity contribution < 1.29 is 5.11 Å². The zero-order valence-corrected chi connectivity index (χ0v) is 14.0. The molecule has 3 heterocycles. The van der Waals surface area contributed by atoms with E-state index in [2.05, 4.69) is 21.9 Å². The molecule has 1 aliphatic heterocycles. The molecule has 8 heteroatoms. The van der Waals surface area contributed by atoms with E-state index in [4.69, 9.17) is 5.73 Å². The zero-order chi connectivity index (χ0) is 17.6. The molecule has 1 aliphatic rings. The number of hydrogen-bond donors (Lipinski definition) is 2. The minimum Gasteiger partial charge on any atom is -0.508 e. The van der Waals surface area contributed by atoms with Crippen molar-refractivity contribution in [2.75, 3.05) is 25.9 Å². The van der Waals surface area contributed by atoms with E-state index in [-0.39, 0.29) is 23.3 Å². The number of phenols is 1. The normalized spacial score (nSPS) is 18.7. The summed E-state index contributed by atoms with van der Waals surface area (Å²) >= 11 is 0. The Balaban J connectivity index is 1.99. The summed E-state index contributed by atoms with van der Waals surface area (Å²) in [6.45, 7) is 1.82. The minimum atomic E-state index is -0.187. The number of likely N-dealkylation sites (tertiary alicyclic amines) is 1. The van der Waals surface area contributed by atoms with Crippen LogP contribution in [0.5, 0.6) is 5.75 Å².